The van der Waals surface area contributed by atoms with E-state index in [2.05, 4.69) is 0 Å². The molecule has 0 saturated carbocycles. The van der Waals surface area contributed by atoms with Gasteiger partial charge < -0.3 is 15.4 Å². The topological polar surface area (TPSA) is 79.4 Å². The van der Waals surface area contributed by atoms with E-state index in [1.165, 1.54) is 0 Å². The summed E-state index contributed by atoms with van der Waals surface area (Å²) in [6.45, 7) is 1.19. The van der Waals surface area contributed by atoms with Crippen LogP contribution in [0.4, 0.5) is 0 Å². The van der Waals surface area contributed by atoms with Crippen LogP contribution in [0.15, 0.2) is 30.3 Å². The largest absolute Gasteiger partial charge is 0.360 e. The lowest BCUT2D eigenvalue weighted by molar-refractivity contribution is -0.138. The second kappa shape index (κ2) is 6.32. The van der Waals surface area contributed by atoms with Gasteiger partial charge in [-0.3, -0.25) is 4.79 Å². The highest BCUT2D eigenvalue weighted by Crippen LogP contribution is 2.08. The third-order valence-corrected chi connectivity index (χ3v) is 3.14. The van der Waals surface area contributed by atoms with Gasteiger partial charge in [0.2, 0.25) is 5.91 Å². The van der Waals surface area contributed by atoms with Crippen LogP contribution in [-0.4, -0.2) is 42.6 Å². The number of nitriles is 1. The first kappa shape index (κ1) is 13.5. The summed E-state index contributed by atoms with van der Waals surface area (Å²) in [5.74, 6) is -0.118. The minimum absolute atomic E-state index is 0.118. The van der Waals surface area contributed by atoms with E-state index in [1.54, 1.807) is 4.90 Å². The molecule has 1 aromatic carbocycles. The SMILES string of the molecule is N#CC1CN(C(=O)[C@H](N)Cc2ccccc2)CCO1. The number of nitrogens with zero attached hydrogens (tertiary/aromatic N) is 2. The summed E-state index contributed by atoms with van der Waals surface area (Å²) < 4.78 is 5.21. The van der Waals surface area contributed by atoms with Crippen molar-refractivity contribution in [3.63, 3.8) is 0 Å². The van der Waals surface area contributed by atoms with Crippen molar-refractivity contribution in [1.82, 2.24) is 4.90 Å². The second-order valence-corrected chi connectivity index (χ2v) is 4.57. The minimum Gasteiger partial charge on any atom is -0.360 e. The lowest BCUT2D eigenvalue weighted by atomic mass is 10.1. The number of amides is 1. The third kappa shape index (κ3) is 3.53. The van der Waals surface area contributed by atoms with E-state index >= 15 is 0 Å². The number of carbonyl (C=O) groups excluding carboxylic acids is 1. The van der Waals surface area contributed by atoms with Crippen LogP contribution < -0.4 is 5.73 Å². The van der Waals surface area contributed by atoms with E-state index in [4.69, 9.17) is 15.7 Å². The van der Waals surface area contributed by atoms with Gasteiger partial charge in [0.25, 0.3) is 0 Å². The molecule has 100 valence electrons. The summed E-state index contributed by atoms with van der Waals surface area (Å²) in [4.78, 5) is 13.8. The first-order chi connectivity index (χ1) is 9.20. The quantitative estimate of drug-likeness (QED) is 0.847. The molecule has 1 aromatic rings. The lowest BCUT2D eigenvalue weighted by Crippen LogP contribution is -2.51. The summed E-state index contributed by atoms with van der Waals surface area (Å²) in [7, 11) is 0. The molecular weight excluding hydrogens is 242 g/mol. The van der Waals surface area contributed by atoms with Gasteiger partial charge in [-0.15, -0.1) is 0 Å². The van der Waals surface area contributed by atoms with Crippen molar-refractivity contribution in [1.29, 1.82) is 5.26 Å². The molecule has 1 aliphatic heterocycles. The number of benzene rings is 1. The third-order valence-electron chi connectivity index (χ3n) is 3.14. The van der Waals surface area contributed by atoms with Crippen LogP contribution in [0.25, 0.3) is 0 Å². The Balaban J connectivity index is 1.94. The number of rotatable bonds is 3. The van der Waals surface area contributed by atoms with Gasteiger partial charge in [-0.05, 0) is 12.0 Å². The standard InChI is InChI=1S/C14H17N3O2/c15-9-12-10-17(6-7-19-12)14(18)13(16)8-11-4-2-1-3-5-11/h1-5,12-13H,6-8,10,16H2/t12?,13-/m1/s1. The molecule has 19 heavy (non-hydrogen) atoms. The zero-order valence-corrected chi connectivity index (χ0v) is 10.7. The molecule has 2 N–H and O–H groups in total. The monoisotopic (exact) mass is 259 g/mol. The fraction of sp³-hybridized carbons (Fsp3) is 0.429. The van der Waals surface area contributed by atoms with Crippen LogP contribution in [0.1, 0.15) is 5.56 Å². The molecule has 1 aliphatic rings. The smallest absolute Gasteiger partial charge is 0.240 e. The average molecular weight is 259 g/mol. The highest BCUT2D eigenvalue weighted by Gasteiger charge is 2.27. The van der Waals surface area contributed by atoms with Crippen LogP contribution in [0, 0.1) is 11.3 Å². The van der Waals surface area contributed by atoms with Gasteiger partial charge in [-0.25, -0.2) is 0 Å². The van der Waals surface area contributed by atoms with Crippen LogP contribution in [-0.2, 0) is 16.0 Å². The Hall–Kier alpha value is -1.90. The molecule has 1 fully saturated rings. The number of hydrogen-bond donors (Lipinski definition) is 1. The van der Waals surface area contributed by atoms with Crippen LogP contribution in [0.5, 0.6) is 0 Å². The molecule has 0 aromatic heterocycles. The molecule has 0 radical (unpaired) electrons. The van der Waals surface area contributed by atoms with Crippen LogP contribution in [0.2, 0.25) is 0 Å². The van der Waals surface area contributed by atoms with Gasteiger partial charge >= 0.3 is 0 Å². The van der Waals surface area contributed by atoms with Gasteiger partial charge in [0.05, 0.1) is 25.3 Å². The Bertz CT molecular complexity index is 469. The molecule has 0 spiro atoms. The van der Waals surface area contributed by atoms with Gasteiger partial charge in [-0.1, -0.05) is 30.3 Å². The summed E-state index contributed by atoms with van der Waals surface area (Å²) in [5.41, 5.74) is 6.99. The molecule has 2 rings (SSSR count). The average Bonchev–Trinajstić information content (AvgIpc) is 2.47. The molecule has 1 amide bonds. The van der Waals surface area contributed by atoms with Gasteiger partial charge in [-0.2, -0.15) is 5.26 Å². The maximum absolute atomic E-state index is 12.2. The van der Waals surface area contributed by atoms with Crippen molar-refractivity contribution >= 4 is 5.91 Å². The zero-order valence-electron chi connectivity index (χ0n) is 10.7. The zero-order chi connectivity index (χ0) is 13.7. The molecule has 2 atom stereocenters. The molecular formula is C14H17N3O2. The maximum Gasteiger partial charge on any atom is 0.240 e. The molecule has 5 heteroatoms. The molecule has 1 saturated heterocycles. The number of hydrogen-bond acceptors (Lipinski definition) is 4. The Morgan fingerprint density at radius 3 is 2.95 bits per heavy atom. The molecule has 1 unspecified atom stereocenters. The molecule has 0 bridgehead atoms. The Labute approximate surface area is 112 Å². The van der Waals surface area contributed by atoms with E-state index in [9.17, 15) is 4.79 Å². The predicted molar refractivity (Wildman–Crippen MR) is 70.1 cm³/mol. The lowest BCUT2D eigenvalue weighted by Gasteiger charge is -2.31. The number of morpholine rings is 1. The van der Waals surface area contributed by atoms with E-state index in [0.717, 1.165) is 5.56 Å². The van der Waals surface area contributed by atoms with Gasteiger partial charge in [0.1, 0.15) is 0 Å². The van der Waals surface area contributed by atoms with E-state index in [-0.39, 0.29) is 5.91 Å². The highest BCUT2D eigenvalue weighted by molar-refractivity contribution is 5.82. The molecule has 0 aliphatic carbocycles. The summed E-state index contributed by atoms with van der Waals surface area (Å²) in [5, 5.41) is 8.82. The van der Waals surface area contributed by atoms with Gasteiger partial charge in [0.15, 0.2) is 6.10 Å². The number of nitrogens with two attached hydrogens (primary N) is 1. The Morgan fingerprint density at radius 1 is 1.53 bits per heavy atom. The number of ether oxygens (including phenoxy) is 1. The van der Waals surface area contributed by atoms with Crippen molar-refractivity contribution in [2.45, 2.75) is 18.6 Å². The van der Waals surface area contributed by atoms with Crippen molar-refractivity contribution in [3.8, 4) is 6.07 Å². The van der Waals surface area contributed by atoms with E-state index in [1.807, 2.05) is 36.4 Å². The van der Waals surface area contributed by atoms with E-state index in [0.29, 0.717) is 26.1 Å². The van der Waals surface area contributed by atoms with Crippen molar-refractivity contribution < 1.29 is 9.53 Å². The fourth-order valence-corrected chi connectivity index (χ4v) is 2.12. The second-order valence-electron chi connectivity index (χ2n) is 4.57. The number of carbonyl (C=O) groups is 1. The van der Waals surface area contributed by atoms with Crippen molar-refractivity contribution in [2.75, 3.05) is 19.7 Å². The van der Waals surface area contributed by atoms with Crippen LogP contribution in [0.3, 0.4) is 0 Å². The molecule has 1 heterocycles. The summed E-state index contributed by atoms with van der Waals surface area (Å²) >= 11 is 0. The Morgan fingerprint density at radius 2 is 2.26 bits per heavy atom. The summed E-state index contributed by atoms with van der Waals surface area (Å²) in [6, 6.07) is 11.1. The van der Waals surface area contributed by atoms with Crippen molar-refractivity contribution in [3.05, 3.63) is 35.9 Å². The highest BCUT2D eigenvalue weighted by atomic mass is 16.5. The first-order valence-corrected chi connectivity index (χ1v) is 6.30. The van der Waals surface area contributed by atoms with Gasteiger partial charge in [0, 0.05) is 6.54 Å². The van der Waals surface area contributed by atoms with E-state index < -0.39 is 12.1 Å². The van der Waals surface area contributed by atoms with Crippen molar-refractivity contribution in [2.24, 2.45) is 5.73 Å². The minimum atomic E-state index is -0.570. The van der Waals surface area contributed by atoms with Crippen LogP contribution >= 0.6 is 0 Å². The fourth-order valence-electron chi connectivity index (χ4n) is 2.12. The maximum atomic E-state index is 12.2. The summed E-state index contributed by atoms with van der Waals surface area (Å²) in [6.07, 6.45) is -0.0320. The first-order valence-electron chi connectivity index (χ1n) is 6.30. The predicted octanol–water partition coefficient (Wildman–Crippen LogP) is 0.307. The Kier molecular flexibility index (Phi) is 4.50. The molecule has 5 nitrogen and oxygen atoms in total. The normalized spacial score (nSPS) is 20.6.